The van der Waals surface area contributed by atoms with Gasteiger partial charge in [0.15, 0.2) is 18.3 Å². The van der Waals surface area contributed by atoms with Crippen molar-refractivity contribution in [2.24, 2.45) is 0 Å². The molecule has 5 atom stereocenters. The van der Waals surface area contributed by atoms with E-state index in [1.165, 1.54) is 36.4 Å². The van der Waals surface area contributed by atoms with Crippen molar-refractivity contribution in [2.75, 3.05) is 13.7 Å². The van der Waals surface area contributed by atoms with E-state index >= 15 is 0 Å². The molecular weight excluding hydrogens is 658 g/mol. The number of hydrogen-bond donors (Lipinski definition) is 0. The van der Waals surface area contributed by atoms with Gasteiger partial charge in [-0.25, -0.2) is 14.4 Å². The van der Waals surface area contributed by atoms with E-state index in [4.69, 9.17) is 42.6 Å². The van der Waals surface area contributed by atoms with Crippen LogP contribution in [0.5, 0.6) is 11.5 Å². The summed E-state index contributed by atoms with van der Waals surface area (Å²) in [4.78, 5) is 84.4. The smallest absolute Gasteiger partial charge is 0.467 e. The van der Waals surface area contributed by atoms with Crippen molar-refractivity contribution in [2.45, 2.75) is 58.1 Å². The number of hydrogen-bond acceptors (Lipinski definition) is 17. The number of carbonyl (C=O) groups excluding carboxylic acids is 6. The fourth-order valence-corrected chi connectivity index (χ4v) is 4.35. The third-order valence-corrected chi connectivity index (χ3v) is 6.28. The molecule has 2 aromatic carbocycles. The first-order chi connectivity index (χ1) is 23.2. The minimum absolute atomic E-state index is 0.0314. The standard InChI is InChI=1S/C31H31NO17/c1-6-13-42-28(36)22-14-19(15-43-31(38)47-21-10-8-20(9-11-21)32(39)40)7-12-23(22)48-30-27(46-18(4)35)25(45-17(3)34)24(44-16(2)33)26(49-30)29(37)41-5/h6-12,14,24-27,30H,1,13,15H2,2-5H3/t24?,25?,26-,27?,30?/m0/s1. The predicted octanol–water partition coefficient (Wildman–Crippen LogP) is 2.73. The topological polar surface area (TPSA) is 229 Å². The number of methoxy groups -OCH3 is 1. The largest absolute Gasteiger partial charge is 0.514 e. The van der Waals surface area contributed by atoms with Gasteiger partial charge in [-0.1, -0.05) is 18.7 Å². The van der Waals surface area contributed by atoms with Crippen LogP contribution in [0.3, 0.4) is 0 Å². The van der Waals surface area contributed by atoms with Gasteiger partial charge in [-0.3, -0.25) is 24.5 Å². The quantitative estimate of drug-likeness (QED) is 0.0735. The van der Waals surface area contributed by atoms with Crippen molar-refractivity contribution in [3.63, 3.8) is 0 Å². The molecule has 262 valence electrons. The van der Waals surface area contributed by atoms with Crippen molar-refractivity contribution >= 4 is 41.7 Å². The average molecular weight is 690 g/mol. The fourth-order valence-electron chi connectivity index (χ4n) is 4.35. The van der Waals surface area contributed by atoms with Crippen LogP contribution in [0.25, 0.3) is 0 Å². The van der Waals surface area contributed by atoms with Crippen LogP contribution in [0.4, 0.5) is 10.5 Å². The Bertz CT molecular complexity index is 1590. The maximum absolute atomic E-state index is 13.1. The Morgan fingerprint density at radius 1 is 0.878 bits per heavy atom. The van der Waals surface area contributed by atoms with Gasteiger partial charge in [0.1, 0.15) is 30.3 Å². The summed E-state index contributed by atoms with van der Waals surface area (Å²) in [5, 5.41) is 10.8. The van der Waals surface area contributed by atoms with E-state index in [-0.39, 0.29) is 34.9 Å². The van der Waals surface area contributed by atoms with Gasteiger partial charge in [0.05, 0.1) is 12.0 Å². The maximum atomic E-state index is 13.1. The molecule has 49 heavy (non-hydrogen) atoms. The molecule has 0 spiro atoms. The molecule has 1 aliphatic rings. The van der Waals surface area contributed by atoms with E-state index in [1.807, 2.05) is 0 Å². The lowest BCUT2D eigenvalue weighted by Crippen LogP contribution is -2.64. The van der Waals surface area contributed by atoms with Crippen LogP contribution in [0.1, 0.15) is 36.7 Å². The zero-order valence-electron chi connectivity index (χ0n) is 26.5. The van der Waals surface area contributed by atoms with Crippen molar-refractivity contribution in [1.82, 2.24) is 0 Å². The van der Waals surface area contributed by atoms with Crippen molar-refractivity contribution < 1.29 is 76.3 Å². The molecule has 3 rings (SSSR count). The maximum Gasteiger partial charge on any atom is 0.514 e. The van der Waals surface area contributed by atoms with E-state index in [9.17, 15) is 38.9 Å². The summed E-state index contributed by atoms with van der Waals surface area (Å²) in [5.74, 6) is -5.03. The second-order valence-electron chi connectivity index (χ2n) is 9.90. The summed E-state index contributed by atoms with van der Waals surface area (Å²) >= 11 is 0. The first kappa shape index (κ1) is 37.4. The van der Waals surface area contributed by atoms with E-state index in [2.05, 4.69) is 6.58 Å². The first-order valence-electron chi connectivity index (χ1n) is 14.2. The van der Waals surface area contributed by atoms with Gasteiger partial charge in [0, 0.05) is 32.9 Å². The third kappa shape index (κ3) is 10.5. The molecule has 18 heteroatoms. The Labute approximate surface area is 277 Å². The summed E-state index contributed by atoms with van der Waals surface area (Å²) in [6.07, 6.45) is -8.40. The SMILES string of the molecule is C=CCOC(=O)c1cc(COC(=O)Oc2ccc([N+](=O)[O-])cc2)ccc1OC1O[C@H](C(=O)OC)C(OC(C)=O)C(OC(C)=O)C1OC(C)=O. The number of nitro benzene ring substituents is 1. The first-order valence-corrected chi connectivity index (χ1v) is 14.2. The van der Waals surface area contributed by atoms with Crippen LogP contribution < -0.4 is 9.47 Å². The predicted molar refractivity (Wildman–Crippen MR) is 159 cm³/mol. The van der Waals surface area contributed by atoms with Gasteiger partial charge in [-0.2, -0.15) is 0 Å². The summed E-state index contributed by atoms with van der Waals surface area (Å²) < 4.78 is 47.6. The highest BCUT2D eigenvalue weighted by molar-refractivity contribution is 5.93. The summed E-state index contributed by atoms with van der Waals surface area (Å²) in [6.45, 7) is 5.88. The fraction of sp³-hybridized carbons (Fsp3) is 0.355. The van der Waals surface area contributed by atoms with Crippen LogP contribution in [0.15, 0.2) is 55.1 Å². The Kier molecular flexibility index (Phi) is 13.1. The number of carbonyl (C=O) groups is 6. The molecule has 0 saturated carbocycles. The number of nitrogens with zero attached hydrogens (tertiary/aromatic N) is 1. The molecule has 1 fully saturated rings. The van der Waals surface area contributed by atoms with Gasteiger partial charge < -0.3 is 42.6 Å². The molecule has 0 bridgehead atoms. The van der Waals surface area contributed by atoms with Crippen molar-refractivity contribution in [1.29, 1.82) is 0 Å². The van der Waals surface area contributed by atoms with E-state index in [1.54, 1.807) is 0 Å². The molecule has 0 amide bonds. The zero-order valence-corrected chi connectivity index (χ0v) is 26.5. The molecule has 0 N–H and O–H groups in total. The van der Waals surface area contributed by atoms with Gasteiger partial charge in [-0.05, 0) is 29.8 Å². The Hall–Kier alpha value is -6.04. The second kappa shape index (κ2) is 17.2. The molecular formula is C31H31NO17. The number of non-ortho nitro benzene ring substituents is 1. The molecule has 2 aromatic rings. The Morgan fingerprint density at radius 2 is 1.49 bits per heavy atom. The minimum atomic E-state index is -1.78. The normalized spacial score (nSPS) is 19.6. The molecule has 1 aliphatic heterocycles. The number of nitro groups is 1. The molecule has 4 unspecified atom stereocenters. The average Bonchev–Trinajstić information content (AvgIpc) is 3.04. The Morgan fingerprint density at radius 3 is 2.06 bits per heavy atom. The van der Waals surface area contributed by atoms with E-state index in [0.29, 0.717) is 0 Å². The van der Waals surface area contributed by atoms with E-state index < -0.39 is 78.2 Å². The van der Waals surface area contributed by atoms with Crippen LogP contribution in [-0.4, -0.2) is 85.3 Å². The van der Waals surface area contributed by atoms with Gasteiger partial charge in [-0.15, -0.1) is 0 Å². The van der Waals surface area contributed by atoms with Crippen LogP contribution >= 0.6 is 0 Å². The number of ether oxygens (including phenoxy) is 9. The number of esters is 5. The Balaban J connectivity index is 1.94. The summed E-state index contributed by atoms with van der Waals surface area (Å²) in [6, 6.07) is 8.48. The lowest BCUT2D eigenvalue weighted by molar-refractivity contribution is -0.384. The highest BCUT2D eigenvalue weighted by Gasteiger charge is 2.56. The zero-order chi connectivity index (χ0) is 36.2. The highest BCUT2D eigenvalue weighted by Crippen LogP contribution is 2.33. The van der Waals surface area contributed by atoms with Crippen LogP contribution in [0.2, 0.25) is 0 Å². The van der Waals surface area contributed by atoms with Crippen molar-refractivity contribution in [3.8, 4) is 11.5 Å². The molecule has 1 saturated heterocycles. The minimum Gasteiger partial charge on any atom is -0.467 e. The molecule has 0 aliphatic carbocycles. The summed E-state index contributed by atoms with van der Waals surface area (Å²) in [5.41, 5.74) is -0.263. The lowest BCUT2D eigenvalue weighted by atomic mass is 9.97. The molecule has 0 radical (unpaired) electrons. The molecule has 1 heterocycles. The highest BCUT2D eigenvalue weighted by atomic mass is 16.7. The third-order valence-electron chi connectivity index (χ3n) is 6.28. The van der Waals surface area contributed by atoms with Crippen LogP contribution in [0, 0.1) is 10.1 Å². The van der Waals surface area contributed by atoms with Gasteiger partial charge in [0.25, 0.3) is 5.69 Å². The number of rotatable bonds is 13. The lowest BCUT2D eigenvalue weighted by Gasteiger charge is -2.43. The second-order valence-corrected chi connectivity index (χ2v) is 9.90. The van der Waals surface area contributed by atoms with Crippen molar-refractivity contribution in [3.05, 3.63) is 76.4 Å². The van der Waals surface area contributed by atoms with Gasteiger partial charge in [0.2, 0.25) is 12.4 Å². The van der Waals surface area contributed by atoms with Crippen LogP contribution in [-0.2, 0) is 58.9 Å². The van der Waals surface area contributed by atoms with Gasteiger partial charge >= 0.3 is 36.0 Å². The summed E-state index contributed by atoms with van der Waals surface area (Å²) in [7, 11) is 1.02. The van der Waals surface area contributed by atoms with E-state index in [0.717, 1.165) is 40.0 Å². The monoisotopic (exact) mass is 689 g/mol. The number of benzene rings is 2. The molecule has 18 nitrogen and oxygen atoms in total. The molecule has 0 aromatic heterocycles.